The van der Waals surface area contributed by atoms with Crippen LogP contribution >= 0.6 is 0 Å². The third-order valence-electron chi connectivity index (χ3n) is 5.30. The normalized spacial score (nSPS) is 11.6. The molecule has 3 aromatic rings. The van der Waals surface area contributed by atoms with Gasteiger partial charge in [0.15, 0.2) is 0 Å². The first-order chi connectivity index (χ1) is 13.5. The summed E-state index contributed by atoms with van der Waals surface area (Å²) in [7, 11) is 0. The molecule has 2 nitrogen and oxygen atoms in total. The van der Waals surface area contributed by atoms with E-state index in [0.29, 0.717) is 0 Å². The van der Waals surface area contributed by atoms with Crippen molar-refractivity contribution in [2.75, 3.05) is 0 Å². The summed E-state index contributed by atoms with van der Waals surface area (Å²) in [6.45, 7) is 8.58. The van der Waals surface area contributed by atoms with Gasteiger partial charge in [0.25, 0.3) is 0 Å². The largest absolute Gasteiger partial charge is 0.508 e. The lowest BCUT2D eigenvalue weighted by molar-refractivity contribution is 0.475. The first kappa shape index (κ1) is 19.9. The third-order valence-corrected chi connectivity index (χ3v) is 5.30. The minimum atomic E-state index is 0.275. The van der Waals surface area contributed by atoms with Gasteiger partial charge in [0.2, 0.25) is 0 Å². The molecule has 0 radical (unpaired) electrons. The summed E-state index contributed by atoms with van der Waals surface area (Å²) in [6.07, 6.45) is 2.97. The number of aromatic hydroxyl groups is 1. The minimum absolute atomic E-state index is 0.275. The highest BCUT2D eigenvalue weighted by atomic mass is 16.3. The van der Waals surface area contributed by atoms with E-state index in [0.717, 1.165) is 36.2 Å². The second kappa shape index (κ2) is 8.88. The topological polar surface area (TPSA) is 32.6 Å². The van der Waals surface area contributed by atoms with Gasteiger partial charge in [-0.15, -0.1) is 0 Å². The Hall–Kier alpha value is -2.87. The molecule has 1 N–H and O–H groups in total. The molecule has 0 atom stereocenters. The van der Waals surface area contributed by atoms with Crippen LogP contribution in [0.15, 0.2) is 65.7 Å². The number of phenolic OH excluding ortho intramolecular Hbond substituents is 1. The molecule has 0 aliphatic heterocycles. The van der Waals surface area contributed by atoms with Crippen LogP contribution < -0.4 is 0 Å². The van der Waals surface area contributed by atoms with Crippen molar-refractivity contribution in [3.8, 4) is 5.75 Å². The van der Waals surface area contributed by atoms with Crippen molar-refractivity contribution in [3.63, 3.8) is 0 Å². The second-order valence-electron chi connectivity index (χ2n) is 7.35. The summed E-state index contributed by atoms with van der Waals surface area (Å²) in [4.78, 5) is 4.85. The Kier molecular flexibility index (Phi) is 6.30. The van der Waals surface area contributed by atoms with Crippen molar-refractivity contribution >= 4 is 11.4 Å². The molecule has 0 aliphatic rings. The molecule has 28 heavy (non-hydrogen) atoms. The zero-order valence-corrected chi connectivity index (χ0v) is 17.3. The Labute approximate surface area is 168 Å². The Balaban J connectivity index is 1.86. The zero-order chi connectivity index (χ0) is 20.1. The van der Waals surface area contributed by atoms with Crippen LogP contribution in [-0.2, 0) is 19.3 Å². The first-order valence-corrected chi connectivity index (χ1v) is 10.0. The number of aryl methyl sites for hydroxylation is 3. The Morgan fingerprint density at radius 2 is 1.43 bits per heavy atom. The molecule has 0 aliphatic carbocycles. The van der Waals surface area contributed by atoms with Crippen LogP contribution in [0.25, 0.3) is 0 Å². The fourth-order valence-corrected chi connectivity index (χ4v) is 3.54. The van der Waals surface area contributed by atoms with Gasteiger partial charge in [0.05, 0.1) is 5.69 Å². The van der Waals surface area contributed by atoms with Crippen LogP contribution in [0, 0.1) is 6.92 Å². The molecule has 0 amide bonds. The molecule has 3 aromatic carbocycles. The predicted molar refractivity (Wildman–Crippen MR) is 119 cm³/mol. The molecule has 3 rings (SSSR count). The average molecular weight is 372 g/mol. The van der Waals surface area contributed by atoms with Crippen LogP contribution in [0.2, 0.25) is 0 Å². The summed E-state index contributed by atoms with van der Waals surface area (Å²) in [5.41, 5.74) is 9.75. The highest BCUT2D eigenvalue weighted by Crippen LogP contribution is 2.25. The molecule has 0 fully saturated rings. The summed E-state index contributed by atoms with van der Waals surface area (Å²) < 4.78 is 0. The molecule has 0 unspecified atom stereocenters. The Morgan fingerprint density at radius 3 is 2.07 bits per heavy atom. The van der Waals surface area contributed by atoms with Gasteiger partial charge >= 0.3 is 0 Å². The van der Waals surface area contributed by atoms with E-state index in [-0.39, 0.29) is 5.75 Å². The number of phenols is 1. The lowest BCUT2D eigenvalue weighted by Gasteiger charge is -2.11. The minimum Gasteiger partial charge on any atom is -0.508 e. The molecule has 0 saturated heterocycles. The third kappa shape index (κ3) is 4.69. The van der Waals surface area contributed by atoms with E-state index in [1.54, 1.807) is 12.1 Å². The number of nitrogens with zero attached hydrogens (tertiary/aromatic N) is 1. The van der Waals surface area contributed by atoms with Gasteiger partial charge in [-0.05, 0) is 96.8 Å². The molecule has 0 saturated carbocycles. The van der Waals surface area contributed by atoms with Crippen LogP contribution in [0.4, 0.5) is 5.69 Å². The van der Waals surface area contributed by atoms with Crippen molar-refractivity contribution in [1.82, 2.24) is 0 Å². The maximum atomic E-state index is 9.47. The van der Waals surface area contributed by atoms with Gasteiger partial charge in [-0.1, -0.05) is 44.2 Å². The fourth-order valence-electron chi connectivity index (χ4n) is 3.54. The number of rotatable bonds is 6. The van der Waals surface area contributed by atoms with E-state index in [1.807, 2.05) is 19.1 Å². The second-order valence-corrected chi connectivity index (χ2v) is 7.35. The maximum Gasteiger partial charge on any atom is 0.115 e. The van der Waals surface area contributed by atoms with Crippen molar-refractivity contribution in [2.45, 2.75) is 47.0 Å². The smallest absolute Gasteiger partial charge is 0.115 e. The zero-order valence-electron chi connectivity index (χ0n) is 17.3. The first-order valence-electron chi connectivity index (χ1n) is 10.0. The van der Waals surface area contributed by atoms with Crippen LogP contribution in [0.1, 0.15) is 54.2 Å². The standard InChI is InChI=1S/C26H29NO/c1-5-22-16-20(8-7-18(22)3)15-21-9-14-26(23(6-2)17-21)27-19(4)24-10-12-25(28)13-11-24/h7-14,16-17,28H,5-6,15H2,1-4H3/b27-19+. The predicted octanol–water partition coefficient (Wildman–Crippen LogP) is 6.56. The number of hydrogen-bond acceptors (Lipinski definition) is 2. The number of aliphatic imine (C=N–C) groups is 1. The van der Waals surface area contributed by atoms with Crippen molar-refractivity contribution in [2.24, 2.45) is 4.99 Å². The Bertz CT molecular complexity index is 984. The van der Waals surface area contributed by atoms with Crippen LogP contribution in [0.3, 0.4) is 0 Å². The van der Waals surface area contributed by atoms with Crippen molar-refractivity contribution in [3.05, 3.63) is 94.0 Å². The van der Waals surface area contributed by atoms with Crippen molar-refractivity contribution in [1.29, 1.82) is 0 Å². The molecule has 0 heterocycles. The van der Waals surface area contributed by atoms with Gasteiger partial charge in [-0.25, -0.2) is 0 Å². The van der Waals surface area contributed by atoms with E-state index in [2.05, 4.69) is 57.2 Å². The summed E-state index contributed by atoms with van der Waals surface area (Å²) in [6, 6.07) is 20.6. The lowest BCUT2D eigenvalue weighted by Crippen LogP contribution is -1.96. The highest BCUT2D eigenvalue weighted by molar-refractivity contribution is 6.00. The van der Waals surface area contributed by atoms with Crippen LogP contribution in [0.5, 0.6) is 5.75 Å². The van der Waals surface area contributed by atoms with Gasteiger partial charge in [0, 0.05) is 5.71 Å². The van der Waals surface area contributed by atoms with E-state index < -0.39 is 0 Å². The molecule has 0 bridgehead atoms. The fraction of sp³-hybridized carbons (Fsp3) is 0.269. The SMILES string of the molecule is CCc1cc(Cc2ccc(/N=C(\C)c3ccc(O)cc3)c(CC)c2)ccc1C. The van der Waals surface area contributed by atoms with Gasteiger partial charge in [-0.3, -0.25) is 4.99 Å². The van der Waals surface area contributed by atoms with E-state index in [9.17, 15) is 5.11 Å². The molecular weight excluding hydrogens is 342 g/mol. The quantitative estimate of drug-likeness (QED) is 0.489. The van der Waals surface area contributed by atoms with Gasteiger partial charge in [0.1, 0.15) is 5.75 Å². The summed E-state index contributed by atoms with van der Waals surface area (Å²) in [5.74, 6) is 0.275. The summed E-state index contributed by atoms with van der Waals surface area (Å²) in [5, 5.41) is 9.47. The van der Waals surface area contributed by atoms with Crippen LogP contribution in [-0.4, -0.2) is 10.8 Å². The number of hydrogen-bond donors (Lipinski definition) is 1. The van der Waals surface area contributed by atoms with E-state index >= 15 is 0 Å². The molecular formula is C26H29NO. The monoisotopic (exact) mass is 371 g/mol. The molecule has 0 spiro atoms. The van der Waals surface area contributed by atoms with E-state index in [4.69, 9.17) is 4.99 Å². The molecule has 0 aromatic heterocycles. The van der Waals surface area contributed by atoms with Gasteiger partial charge in [-0.2, -0.15) is 0 Å². The number of benzene rings is 3. The highest BCUT2D eigenvalue weighted by Gasteiger charge is 2.06. The Morgan fingerprint density at radius 1 is 0.821 bits per heavy atom. The maximum absolute atomic E-state index is 9.47. The lowest BCUT2D eigenvalue weighted by atomic mass is 9.97. The van der Waals surface area contributed by atoms with Crippen molar-refractivity contribution < 1.29 is 5.11 Å². The average Bonchev–Trinajstić information content (AvgIpc) is 2.71. The summed E-state index contributed by atoms with van der Waals surface area (Å²) >= 11 is 0. The van der Waals surface area contributed by atoms with Gasteiger partial charge < -0.3 is 5.11 Å². The molecule has 144 valence electrons. The molecule has 2 heteroatoms. The van der Waals surface area contributed by atoms with E-state index in [1.165, 1.54) is 27.8 Å².